The first-order chi connectivity index (χ1) is 11.7. The van der Waals surface area contributed by atoms with Crippen LogP contribution in [0.15, 0.2) is 34.2 Å². The van der Waals surface area contributed by atoms with Crippen LogP contribution in [0.5, 0.6) is 0 Å². The predicted octanol–water partition coefficient (Wildman–Crippen LogP) is 2.59. The van der Waals surface area contributed by atoms with Crippen molar-refractivity contribution in [3.8, 4) is 0 Å². The van der Waals surface area contributed by atoms with Gasteiger partial charge in [0.2, 0.25) is 5.91 Å². The number of amides is 1. The summed E-state index contributed by atoms with van der Waals surface area (Å²) in [5, 5.41) is 8.30. The largest absolute Gasteiger partial charge is 0.382 e. The first kappa shape index (κ1) is 18.1. The number of hydrogen-bond donors (Lipinski definition) is 2. The highest BCUT2D eigenvalue weighted by atomic mass is 35.5. The van der Waals surface area contributed by atoms with E-state index < -0.39 is 9.84 Å². The lowest BCUT2D eigenvalue weighted by Crippen LogP contribution is -2.15. The van der Waals surface area contributed by atoms with Crippen molar-refractivity contribution in [3.05, 3.63) is 29.3 Å². The standard InChI is InChI=1S/C15H17ClN4O3S2/c1-9(21)18-13-14(17)20(11-6-7-25(22,23)8-11)19-15(13)24-12-4-2-10(16)3-5-12/h2-5,11H,6-8,17H2,1H3,(H,18,21). The van der Waals surface area contributed by atoms with Crippen LogP contribution in [0.1, 0.15) is 19.4 Å². The molecule has 0 aliphatic carbocycles. The lowest BCUT2D eigenvalue weighted by molar-refractivity contribution is -0.114. The summed E-state index contributed by atoms with van der Waals surface area (Å²) < 4.78 is 25.0. The summed E-state index contributed by atoms with van der Waals surface area (Å²) in [6.07, 6.45) is 0.457. The summed E-state index contributed by atoms with van der Waals surface area (Å²) in [6.45, 7) is 1.38. The monoisotopic (exact) mass is 400 g/mol. The quantitative estimate of drug-likeness (QED) is 0.816. The SMILES string of the molecule is CC(=O)Nc1c(Sc2ccc(Cl)cc2)nn(C2CCS(=O)(=O)C2)c1N. The first-order valence-electron chi connectivity index (χ1n) is 7.54. The lowest BCUT2D eigenvalue weighted by Gasteiger charge is -2.10. The molecule has 10 heteroatoms. The van der Waals surface area contributed by atoms with Crippen LogP contribution < -0.4 is 11.1 Å². The molecule has 1 saturated heterocycles. The van der Waals surface area contributed by atoms with Crippen molar-refractivity contribution < 1.29 is 13.2 Å². The van der Waals surface area contributed by atoms with E-state index in [0.29, 0.717) is 22.2 Å². The van der Waals surface area contributed by atoms with Gasteiger partial charge in [-0.25, -0.2) is 13.1 Å². The molecule has 3 rings (SSSR count). The number of nitrogens with two attached hydrogens (primary N) is 1. The second-order valence-electron chi connectivity index (χ2n) is 5.80. The topological polar surface area (TPSA) is 107 Å². The minimum atomic E-state index is -3.08. The fourth-order valence-corrected chi connectivity index (χ4v) is 5.35. The molecule has 7 nitrogen and oxygen atoms in total. The number of hydrogen-bond acceptors (Lipinski definition) is 6. The average Bonchev–Trinajstić information content (AvgIpc) is 3.03. The van der Waals surface area contributed by atoms with Gasteiger partial charge in [0.15, 0.2) is 9.84 Å². The van der Waals surface area contributed by atoms with Gasteiger partial charge < -0.3 is 11.1 Å². The van der Waals surface area contributed by atoms with Crippen molar-refractivity contribution in [2.45, 2.75) is 29.3 Å². The number of carbonyl (C=O) groups is 1. The predicted molar refractivity (Wildman–Crippen MR) is 98.8 cm³/mol. The zero-order chi connectivity index (χ0) is 18.2. The summed E-state index contributed by atoms with van der Waals surface area (Å²) in [5.41, 5.74) is 6.55. The number of carbonyl (C=O) groups excluding carboxylic acids is 1. The number of rotatable bonds is 4. The highest BCUT2D eigenvalue weighted by Crippen LogP contribution is 2.39. The Kier molecular flexibility index (Phi) is 4.99. The number of nitrogen functional groups attached to an aromatic ring is 1. The fourth-order valence-electron chi connectivity index (χ4n) is 2.65. The van der Waals surface area contributed by atoms with Gasteiger partial charge in [-0.15, -0.1) is 0 Å². The Bertz CT molecular complexity index is 910. The van der Waals surface area contributed by atoms with Gasteiger partial charge in [-0.2, -0.15) is 5.10 Å². The zero-order valence-electron chi connectivity index (χ0n) is 13.4. The van der Waals surface area contributed by atoms with Gasteiger partial charge in [0.1, 0.15) is 16.5 Å². The number of nitrogens with zero attached hydrogens (tertiary/aromatic N) is 2. The Hall–Kier alpha value is -1.71. The Morgan fingerprint density at radius 2 is 2.08 bits per heavy atom. The Labute approximate surface area is 154 Å². The molecule has 1 aromatic carbocycles. The minimum Gasteiger partial charge on any atom is -0.382 e. The van der Waals surface area contributed by atoms with Crippen LogP contribution >= 0.6 is 23.4 Å². The van der Waals surface area contributed by atoms with Crippen molar-refractivity contribution in [2.24, 2.45) is 0 Å². The molecule has 25 heavy (non-hydrogen) atoms. The second-order valence-corrected chi connectivity index (χ2v) is 9.53. The summed E-state index contributed by atoms with van der Waals surface area (Å²) in [4.78, 5) is 12.4. The Morgan fingerprint density at radius 3 is 2.64 bits per heavy atom. The van der Waals surface area contributed by atoms with Crippen LogP contribution in [-0.4, -0.2) is 35.6 Å². The van der Waals surface area contributed by atoms with Crippen LogP contribution in [0.4, 0.5) is 11.5 Å². The summed E-state index contributed by atoms with van der Waals surface area (Å²) >= 11 is 7.22. The molecule has 0 bridgehead atoms. The van der Waals surface area contributed by atoms with Crippen LogP contribution in [0, 0.1) is 0 Å². The third kappa shape index (κ3) is 4.10. The zero-order valence-corrected chi connectivity index (χ0v) is 15.8. The van der Waals surface area contributed by atoms with Gasteiger partial charge in [-0.05, 0) is 30.7 Å². The van der Waals surface area contributed by atoms with Crippen LogP contribution in [0.25, 0.3) is 0 Å². The van der Waals surface area contributed by atoms with Crippen molar-refractivity contribution in [1.82, 2.24) is 9.78 Å². The molecular weight excluding hydrogens is 384 g/mol. The van der Waals surface area contributed by atoms with Crippen LogP contribution in [0.3, 0.4) is 0 Å². The smallest absolute Gasteiger partial charge is 0.221 e. The molecule has 1 aromatic heterocycles. The maximum Gasteiger partial charge on any atom is 0.221 e. The molecule has 1 unspecified atom stereocenters. The van der Waals surface area contributed by atoms with E-state index in [4.69, 9.17) is 17.3 Å². The normalized spacial score (nSPS) is 19.0. The van der Waals surface area contributed by atoms with E-state index in [2.05, 4.69) is 10.4 Å². The summed E-state index contributed by atoms with van der Waals surface area (Å²) in [6, 6.07) is 6.86. The van der Waals surface area contributed by atoms with E-state index in [9.17, 15) is 13.2 Å². The second kappa shape index (κ2) is 6.89. The summed E-state index contributed by atoms with van der Waals surface area (Å²) in [5.74, 6) is 0.104. The van der Waals surface area contributed by atoms with Gasteiger partial charge in [0, 0.05) is 16.8 Å². The van der Waals surface area contributed by atoms with E-state index in [-0.39, 0.29) is 29.3 Å². The highest BCUT2D eigenvalue weighted by Gasteiger charge is 2.32. The molecule has 1 fully saturated rings. The first-order valence-corrected chi connectivity index (χ1v) is 10.6. The van der Waals surface area contributed by atoms with Gasteiger partial charge in [-0.3, -0.25) is 4.79 Å². The van der Waals surface area contributed by atoms with E-state index in [0.717, 1.165) is 4.90 Å². The molecule has 1 aliphatic rings. The van der Waals surface area contributed by atoms with E-state index in [1.807, 2.05) is 12.1 Å². The molecule has 1 amide bonds. The molecule has 0 saturated carbocycles. The highest BCUT2D eigenvalue weighted by molar-refractivity contribution is 7.99. The number of nitrogens with one attached hydrogen (secondary N) is 1. The van der Waals surface area contributed by atoms with E-state index in [1.165, 1.54) is 23.4 Å². The number of halogens is 1. The summed E-state index contributed by atoms with van der Waals surface area (Å²) in [7, 11) is -3.08. The molecule has 2 heterocycles. The number of sulfone groups is 1. The maximum absolute atomic E-state index is 11.7. The molecule has 1 aliphatic heterocycles. The van der Waals surface area contributed by atoms with Gasteiger partial charge in [-0.1, -0.05) is 23.4 Å². The molecule has 0 radical (unpaired) electrons. The third-order valence-corrected chi connectivity index (χ3v) is 6.79. The maximum atomic E-state index is 11.7. The van der Waals surface area contributed by atoms with Crippen molar-refractivity contribution in [2.75, 3.05) is 22.6 Å². The van der Waals surface area contributed by atoms with E-state index in [1.54, 1.807) is 12.1 Å². The molecule has 1 atom stereocenters. The van der Waals surface area contributed by atoms with Gasteiger partial charge >= 0.3 is 0 Å². The average molecular weight is 401 g/mol. The van der Waals surface area contributed by atoms with Crippen LogP contribution in [-0.2, 0) is 14.6 Å². The van der Waals surface area contributed by atoms with Crippen molar-refractivity contribution in [1.29, 1.82) is 0 Å². The molecule has 134 valence electrons. The van der Waals surface area contributed by atoms with Gasteiger partial charge in [0.05, 0.1) is 17.5 Å². The minimum absolute atomic E-state index is 0.00342. The number of aromatic nitrogens is 2. The Balaban J connectivity index is 1.97. The molecule has 0 spiro atoms. The molecule has 2 aromatic rings. The van der Waals surface area contributed by atoms with E-state index >= 15 is 0 Å². The van der Waals surface area contributed by atoms with Crippen LogP contribution in [0.2, 0.25) is 5.02 Å². The number of benzene rings is 1. The van der Waals surface area contributed by atoms with Crippen molar-refractivity contribution in [3.63, 3.8) is 0 Å². The lowest BCUT2D eigenvalue weighted by atomic mass is 10.3. The Morgan fingerprint density at radius 1 is 1.40 bits per heavy atom. The fraction of sp³-hybridized carbons (Fsp3) is 0.333. The molecule has 3 N–H and O–H groups in total. The van der Waals surface area contributed by atoms with Crippen molar-refractivity contribution >= 4 is 50.6 Å². The molecular formula is C15H17ClN4O3S2. The van der Waals surface area contributed by atoms with Gasteiger partial charge in [0.25, 0.3) is 0 Å². The number of anilines is 2. The third-order valence-electron chi connectivity index (χ3n) is 3.80.